The zero-order chi connectivity index (χ0) is 13.2. The molecule has 3 nitrogen and oxygen atoms in total. The number of rotatable bonds is 5. The van der Waals surface area contributed by atoms with E-state index in [1.54, 1.807) is 7.11 Å². The Bertz CT molecular complexity index is 435. The molecule has 0 aromatic carbocycles. The van der Waals surface area contributed by atoms with Crippen LogP contribution in [0.25, 0.3) is 0 Å². The molecule has 4 unspecified atom stereocenters. The van der Waals surface area contributed by atoms with Crippen molar-refractivity contribution in [3.63, 3.8) is 0 Å². The Kier molecular flexibility index (Phi) is 3.74. The molecule has 0 spiro atoms. The van der Waals surface area contributed by atoms with Gasteiger partial charge < -0.3 is 10.1 Å². The molecule has 2 aliphatic rings. The Balaban J connectivity index is 1.73. The van der Waals surface area contributed by atoms with E-state index in [9.17, 15) is 0 Å². The average molecular weight is 260 g/mol. The Labute approximate surface area is 115 Å². The fraction of sp³-hybridized carbons (Fsp3) is 0.688. The monoisotopic (exact) mass is 260 g/mol. The van der Waals surface area contributed by atoms with Gasteiger partial charge in [0.15, 0.2) is 0 Å². The zero-order valence-corrected chi connectivity index (χ0v) is 11.9. The second kappa shape index (κ2) is 5.49. The summed E-state index contributed by atoms with van der Waals surface area (Å²) in [5.41, 5.74) is 1.25. The van der Waals surface area contributed by atoms with Crippen molar-refractivity contribution in [3.05, 3.63) is 24.0 Å². The molecule has 104 valence electrons. The maximum atomic E-state index is 5.45. The number of methoxy groups -OCH3 is 1. The van der Waals surface area contributed by atoms with Gasteiger partial charge in [-0.3, -0.25) is 4.98 Å². The van der Waals surface area contributed by atoms with E-state index in [0.717, 1.165) is 23.5 Å². The molecule has 2 saturated carbocycles. The van der Waals surface area contributed by atoms with E-state index in [2.05, 4.69) is 23.4 Å². The lowest BCUT2D eigenvalue weighted by Crippen LogP contribution is -2.23. The molecule has 3 heteroatoms. The van der Waals surface area contributed by atoms with Crippen LogP contribution in [0.15, 0.2) is 18.5 Å². The largest absolute Gasteiger partial charge is 0.495 e. The summed E-state index contributed by atoms with van der Waals surface area (Å²) in [5.74, 6) is 3.81. The molecule has 2 bridgehead atoms. The summed E-state index contributed by atoms with van der Waals surface area (Å²) >= 11 is 0. The van der Waals surface area contributed by atoms with Crippen LogP contribution < -0.4 is 10.1 Å². The summed E-state index contributed by atoms with van der Waals surface area (Å²) in [6, 6.07) is 2.48. The summed E-state index contributed by atoms with van der Waals surface area (Å²) in [6.07, 6.45) is 10.8. The van der Waals surface area contributed by atoms with Crippen molar-refractivity contribution in [3.8, 4) is 5.75 Å². The zero-order valence-electron chi connectivity index (χ0n) is 11.9. The lowest BCUT2D eigenvalue weighted by atomic mass is 9.83. The van der Waals surface area contributed by atoms with Crippen LogP contribution in [0.5, 0.6) is 5.75 Å². The van der Waals surface area contributed by atoms with Gasteiger partial charge in [0.25, 0.3) is 0 Å². The summed E-state index contributed by atoms with van der Waals surface area (Å²) < 4.78 is 5.45. The predicted molar refractivity (Wildman–Crippen MR) is 76.1 cm³/mol. The third kappa shape index (κ3) is 2.48. The van der Waals surface area contributed by atoms with Gasteiger partial charge in [-0.2, -0.15) is 0 Å². The highest BCUT2D eigenvalue weighted by Gasteiger charge is 2.40. The van der Waals surface area contributed by atoms with Crippen molar-refractivity contribution in [2.45, 2.75) is 38.1 Å². The molecule has 1 aromatic rings. The van der Waals surface area contributed by atoms with E-state index in [4.69, 9.17) is 4.74 Å². The van der Waals surface area contributed by atoms with Gasteiger partial charge >= 0.3 is 0 Å². The minimum Gasteiger partial charge on any atom is -0.495 e. The van der Waals surface area contributed by atoms with E-state index < -0.39 is 0 Å². The van der Waals surface area contributed by atoms with Crippen molar-refractivity contribution >= 4 is 0 Å². The first-order chi connectivity index (χ1) is 9.31. The van der Waals surface area contributed by atoms with Crippen LogP contribution in [0.3, 0.4) is 0 Å². The number of hydrogen-bond donors (Lipinski definition) is 1. The van der Waals surface area contributed by atoms with E-state index in [1.807, 2.05) is 12.4 Å². The van der Waals surface area contributed by atoms with Gasteiger partial charge in [0.2, 0.25) is 0 Å². The quantitative estimate of drug-likeness (QED) is 0.883. The first-order valence-corrected chi connectivity index (χ1v) is 7.47. The van der Waals surface area contributed by atoms with Crippen LogP contribution in [-0.2, 0) is 0 Å². The summed E-state index contributed by atoms with van der Waals surface area (Å²) in [6.45, 7) is 0. The summed E-state index contributed by atoms with van der Waals surface area (Å²) in [4.78, 5) is 4.15. The third-order valence-corrected chi connectivity index (χ3v) is 5.18. The molecule has 0 saturated heterocycles. The molecule has 3 rings (SSSR count). The summed E-state index contributed by atoms with van der Waals surface area (Å²) in [7, 11) is 3.78. The molecule has 0 radical (unpaired) electrons. The first-order valence-electron chi connectivity index (χ1n) is 7.47. The van der Waals surface area contributed by atoms with Gasteiger partial charge in [0.1, 0.15) is 5.75 Å². The molecule has 19 heavy (non-hydrogen) atoms. The molecule has 2 fully saturated rings. The summed E-state index contributed by atoms with van der Waals surface area (Å²) in [5, 5.41) is 3.47. The second-order valence-corrected chi connectivity index (χ2v) is 6.13. The Morgan fingerprint density at radius 2 is 2.32 bits per heavy atom. The van der Waals surface area contributed by atoms with Crippen molar-refractivity contribution in [1.82, 2.24) is 10.3 Å². The van der Waals surface area contributed by atoms with E-state index >= 15 is 0 Å². The molecule has 1 heterocycles. The minimum atomic E-state index is 0.391. The molecule has 1 N–H and O–H groups in total. The molecular weight excluding hydrogens is 236 g/mol. The molecule has 0 aliphatic heterocycles. The average Bonchev–Trinajstić information content (AvgIpc) is 3.07. The highest BCUT2D eigenvalue weighted by atomic mass is 16.5. The molecular formula is C16H24N2O. The van der Waals surface area contributed by atoms with Crippen LogP contribution in [0.4, 0.5) is 0 Å². The maximum Gasteiger partial charge on any atom is 0.141 e. The van der Waals surface area contributed by atoms with Crippen molar-refractivity contribution in [1.29, 1.82) is 0 Å². The smallest absolute Gasteiger partial charge is 0.141 e. The van der Waals surface area contributed by atoms with E-state index in [1.165, 1.54) is 37.7 Å². The van der Waals surface area contributed by atoms with E-state index in [0.29, 0.717) is 6.04 Å². The van der Waals surface area contributed by atoms with Crippen LogP contribution in [0.1, 0.15) is 43.7 Å². The van der Waals surface area contributed by atoms with Crippen LogP contribution >= 0.6 is 0 Å². The number of nitrogens with zero attached hydrogens (tertiary/aromatic N) is 1. The van der Waals surface area contributed by atoms with Gasteiger partial charge in [-0.1, -0.05) is 6.42 Å². The van der Waals surface area contributed by atoms with Gasteiger partial charge in [0.05, 0.1) is 13.3 Å². The Morgan fingerprint density at radius 1 is 1.42 bits per heavy atom. The number of aromatic nitrogens is 1. The number of ether oxygens (including phenoxy) is 1. The predicted octanol–water partition coefficient (Wildman–Crippen LogP) is 3.18. The lowest BCUT2D eigenvalue weighted by molar-refractivity contribution is 0.281. The number of nitrogens with one attached hydrogen (secondary N) is 1. The van der Waals surface area contributed by atoms with Crippen LogP contribution in [0, 0.1) is 17.8 Å². The Morgan fingerprint density at radius 3 is 2.95 bits per heavy atom. The molecule has 1 aromatic heterocycles. The Hall–Kier alpha value is -1.09. The van der Waals surface area contributed by atoms with Crippen molar-refractivity contribution in [2.24, 2.45) is 17.8 Å². The van der Waals surface area contributed by atoms with Crippen molar-refractivity contribution < 1.29 is 4.74 Å². The number of hydrogen-bond acceptors (Lipinski definition) is 3. The normalized spacial score (nSPS) is 30.5. The highest BCUT2D eigenvalue weighted by molar-refractivity contribution is 5.32. The second-order valence-electron chi connectivity index (χ2n) is 6.13. The lowest BCUT2D eigenvalue weighted by Gasteiger charge is -2.27. The topological polar surface area (TPSA) is 34.2 Å². The first kappa shape index (κ1) is 12.9. The van der Waals surface area contributed by atoms with Crippen molar-refractivity contribution in [2.75, 3.05) is 14.2 Å². The molecule has 2 aliphatic carbocycles. The third-order valence-electron chi connectivity index (χ3n) is 5.18. The molecule has 0 amide bonds. The maximum absolute atomic E-state index is 5.45. The van der Waals surface area contributed by atoms with Gasteiger partial charge in [-0.15, -0.1) is 0 Å². The SMILES string of the molecule is CNC(CC1CC2CCC1C2)c1ccncc1OC. The molecule has 4 atom stereocenters. The van der Waals surface area contributed by atoms with Gasteiger partial charge in [-0.05, 0) is 56.6 Å². The number of fused-ring (bicyclic) bond motifs is 2. The van der Waals surface area contributed by atoms with Crippen LogP contribution in [0.2, 0.25) is 0 Å². The van der Waals surface area contributed by atoms with Gasteiger partial charge in [-0.25, -0.2) is 0 Å². The number of pyridine rings is 1. The van der Waals surface area contributed by atoms with Crippen LogP contribution in [-0.4, -0.2) is 19.1 Å². The highest BCUT2D eigenvalue weighted by Crippen LogP contribution is 2.51. The minimum absolute atomic E-state index is 0.391. The fourth-order valence-corrected chi connectivity index (χ4v) is 4.22. The van der Waals surface area contributed by atoms with E-state index in [-0.39, 0.29) is 0 Å². The van der Waals surface area contributed by atoms with Gasteiger partial charge in [0, 0.05) is 17.8 Å². The fourth-order valence-electron chi connectivity index (χ4n) is 4.22. The standard InChI is InChI=1S/C16H24N2O/c1-17-15(14-5-6-18-10-16(14)19-2)9-13-8-11-3-4-12(13)7-11/h5-6,10-13,15,17H,3-4,7-9H2,1-2H3.